The third-order valence-corrected chi connectivity index (χ3v) is 4.06. The molecule has 0 aliphatic carbocycles. The SMILES string of the molecule is CC[C@H](C)N(Cc1ccc(C)cc1)Cc1ncnn1CC. The monoisotopic (exact) mass is 286 g/mol. The molecule has 0 amide bonds. The van der Waals surface area contributed by atoms with Crippen LogP contribution in [-0.2, 0) is 19.6 Å². The first-order valence-corrected chi connectivity index (χ1v) is 7.80. The third-order valence-electron chi connectivity index (χ3n) is 4.06. The summed E-state index contributed by atoms with van der Waals surface area (Å²) in [4.78, 5) is 6.88. The van der Waals surface area contributed by atoms with E-state index in [0.29, 0.717) is 6.04 Å². The zero-order chi connectivity index (χ0) is 15.2. The van der Waals surface area contributed by atoms with E-state index < -0.39 is 0 Å². The molecule has 1 atom stereocenters. The van der Waals surface area contributed by atoms with Crippen LogP contribution in [0.4, 0.5) is 0 Å². The van der Waals surface area contributed by atoms with Crippen LogP contribution in [-0.4, -0.2) is 25.7 Å². The maximum absolute atomic E-state index is 4.41. The molecule has 0 unspecified atom stereocenters. The number of hydrogen-bond acceptors (Lipinski definition) is 3. The van der Waals surface area contributed by atoms with Crippen LogP contribution in [0.25, 0.3) is 0 Å². The highest BCUT2D eigenvalue weighted by Gasteiger charge is 2.16. The second kappa shape index (κ2) is 7.36. The second-order valence-corrected chi connectivity index (χ2v) is 5.64. The quantitative estimate of drug-likeness (QED) is 0.782. The molecule has 114 valence electrons. The summed E-state index contributed by atoms with van der Waals surface area (Å²) in [5.74, 6) is 1.05. The lowest BCUT2D eigenvalue weighted by Gasteiger charge is -2.28. The first-order chi connectivity index (χ1) is 10.1. The van der Waals surface area contributed by atoms with Gasteiger partial charge in [-0.05, 0) is 32.8 Å². The van der Waals surface area contributed by atoms with E-state index >= 15 is 0 Å². The summed E-state index contributed by atoms with van der Waals surface area (Å²) in [7, 11) is 0. The van der Waals surface area contributed by atoms with Gasteiger partial charge in [0.15, 0.2) is 0 Å². The molecule has 4 nitrogen and oxygen atoms in total. The molecule has 2 rings (SSSR count). The summed E-state index contributed by atoms with van der Waals surface area (Å²) in [6, 6.07) is 9.32. The van der Waals surface area contributed by atoms with Crippen molar-refractivity contribution in [1.82, 2.24) is 19.7 Å². The summed E-state index contributed by atoms with van der Waals surface area (Å²) < 4.78 is 1.98. The van der Waals surface area contributed by atoms with Crippen molar-refractivity contribution in [1.29, 1.82) is 0 Å². The maximum Gasteiger partial charge on any atom is 0.141 e. The van der Waals surface area contributed by atoms with Crippen LogP contribution in [0.3, 0.4) is 0 Å². The van der Waals surface area contributed by atoms with E-state index in [0.717, 1.165) is 31.9 Å². The molecule has 0 saturated heterocycles. The minimum absolute atomic E-state index is 0.522. The summed E-state index contributed by atoms with van der Waals surface area (Å²) >= 11 is 0. The van der Waals surface area contributed by atoms with Crippen molar-refractivity contribution < 1.29 is 0 Å². The highest BCUT2D eigenvalue weighted by Crippen LogP contribution is 2.14. The Morgan fingerprint density at radius 1 is 1.14 bits per heavy atom. The van der Waals surface area contributed by atoms with Crippen molar-refractivity contribution in [2.24, 2.45) is 0 Å². The molecule has 21 heavy (non-hydrogen) atoms. The van der Waals surface area contributed by atoms with Gasteiger partial charge in [-0.3, -0.25) is 4.90 Å². The van der Waals surface area contributed by atoms with Gasteiger partial charge in [0, 0.05) is 19.1 Å². The van der Waals surface area contributed by atoms with E-state index in [1.165, 1.54) is 11.1 Å². The summed E-state index contributed by atoms with van der Waals surface area (Å²) in [5.41, 5.74) is 2.66. The molecule has 2 aromatic rings. The average molecular weight is 286 g/mol. The summed E-state index contributed by atoms with van der Waals surface area (Å²) in [5, 5.41) is 4.27. The number of aromatic nitrogens is 3. The van der Waals surface area contributed by atoms with Gasteiger partial charge >= 0.3 is 0 Å². The van der Waals surface area contributed by atoms with Gasteiger partial charge in [-0.25, -0.2) is 9.67 Å². The van der Waals surface area contributed by atoms with E-state index in [-0.39, 0.29) is 0 Å². The van der Waals surface area contributed by atoms with Gasteiger partial charge in [-0.15, -0.1) is 0 Å². The van der Waals surface area contributed by atoms with Gasteiger partial charge in [-0.1, -0.05) is 36.8 Å². The van der Waals surface area contributed by atoms with Crippen LogP contribution < -0.4 is 0 Å². The van der Waals surface area contributed by atoms with E-state index in [2.05, 4.69) is 66.9 Å². The maximum atomic E-state index is 4.41. The highest BCUT2D eigenvalue weighted by atomic mass is 15.3. The first-order valence-electron chi connectivity index (χ1n) is 7.80. The van der Waals surface area contributed by atoms with E-state index in [4.69, 9.17) is 0 Å². The first kappa shape index (κ1) is 15.7. The van der Waals surface area contributed by atoms with Crippen LogP contribution in [0.5, 0.6) is 0 Å². The number of aryl methyl sites for hydroxylation is 2. The molecule has 0 saturated carbocycles. The topological polar surface area (TPSA) is 34.0 Å². The van der Waals surface area contributed by atoms with E-state index in [1.54, 1.807) is 6.33 Å². The number of hydrogen-bond donors (Lipinski definition) is 0. The second-order valence-electron chi connectivity index (χ2n) is 5.64. The highest BCUT2D eigenvalue weighted by molar-refractivity contribution is 5.21. The molecule has 0 fully saturated rings. The van der Waals surface area contributed by atoms with E-state index in [1.807, 2.05) is 4.68 Å². The molecule has 0 N–H and O–H groups in total. The van der Waals surface area contributed by atoms with Gasteiger partial charge < -0.3 is 0 Å². The van der Waals surface area contributed by atoms with Crippen molar-refractivity contribution in [3.63, 3.8) is 0 Å². The molecule has 0 bridgehead atoms. The molecule has 0 radical (unpaired) electrons. The van der Waals surface area contributed by atoms with Gasteiger partial charge in [0.1, 0.15) is 12.2 Å². The van der Waals surface area contributed by atoms with Gasteiger partial charge in [-0.2, -0.15) is 5.10 Å². The average Bonchev–Trinajstić information content (AvgIpc) is 2.95. The smallest absolute Gasteiger partial charge is 0.141 e. The van der Waals surface area contributed by atoms with Crippen molar-refractivity contribution >= 4 is 0 Å². The van der Waals surface area contributed by atoms with Crippen LogP contribution in [0.2, 0.25) is 0 Å². The van der Waals surface area contributed by atoms with Crippen LogP contribution >= 0.6 is 0 Å². The zero-order valence-corrected chi connectivity index (χ0v) is 13.6. The number of nitrogens with zero attached hydrogens (tertiary/aromatic N) is 4. The Morgan fingerprint density at radius 2 is 1.86 bits per heavy atom. The largest absolute Gasteiger partial charge is 0.289 e. The molecule has 0 aliphatic heterocycles. The van der Waals surface area contributed by atoms with E-state index in [9.17, 15) is 0 Å². The Bertz CT molecular complexity index is 544. The molecule has 1 aromatic heterocycles. The van der Waals surface area contributed by atoms with Crippen molar-refractivity contribution in [2.45, 2.75) is 59.8 Å². The van der Waals surface area contributed by atoms with Crippen molar-refractivity contribution in [2.75, 3.05) is 0 Å². The Balaban J connectivity index is 2.13. The summed E-state index contributed by atoms with van der Waals surface area (Å²) in [6.07, 6.45) is 2.78. The lowest BCUT2D eigenvalue weighted by molar-refractivity contribution is 0.178. The molecule has 0 aliphatic rings. The molecule has 1 aromatic carbocycles. The zero-order valence-electron chi connectivity index (χ0n) is 13.6. The Kier molecular flexibility index (Phi) is 5.51. The minimum Gasteiger partial charge on any atom is -0.289 e. The Morgan fingerprint density at radius 3 is 2.48 bits per heavy atom. The standard InChI is InChI=1S/C17H26N4/c1-5-15(4)20(11-16-9-7-14(3)8-10-16)12-17-18-13-19-21(17)6-2/h7-10,13,15H,5-6,11-12H2,1-4H3/t15-/m0/s1. The normalized spacial score (nSPS) is 12.8. The van der Waals surface area contributed by atoms with Gasteiger partial charge in [0.2, 0.25) is 0 Å². The number of rotatable bonds is 7. The molecular formula is C17H26N4. The minimum atomic E-state index is 0.522. The van der Waals surface area contributed by atoms with Crippen LogP contribution in [0.15, 0.2) is 30.6 Å². The summed E-state index contributed by atoms with van der Waals surface area (Å²) in [6.45, 7) is 11.4. The number of benzene rings is 1. The van der Waals surface area contributed by atoms with Crippen molar-refractivity contribution in [3.8, 4) is 0 Å². The van der Waals surface area contributed by atoms with Crippen LogP contribution in [0.1, 0.15) is 44.1 Å². The molecule has 4 heteroatoms. The fraction of sp³-hybridized carbons (Fsp3) is 0.529. The third kappa shape index (κ3) is 4.14. The van der Waals surface area contributed by atoms with Crippen molar-refractivity contribution in [3.05, 3.63) is 47.5 Å². The lowest BCUT2D eigenvalue weighted by Crippen LogP contribution is -2.32. The molecule has 1 heterocycles. The lowest BCUT2D eigenvalue weighted by atomic mass is 10.1. The van der Waals surface area contributed by atoms with Crippen LogP contribution in [0, 0.1) is 6.92 Å². The fourth-order valence-corrected chi connectivity index (χ4v) is 2.41. The molecule has 0 spiro atoms. The molecular weight excluding hydrogens is 260 g/mol. The van der Waals surface area contributed by atoms with Gasteiger partial charge in [0.05, 0.1) is 6.54 Å². The Hall–Kier alpha value is -1.68. The predicted molar refractivity (Wildman–Crippen MR) is 85.9 cm³/mol. The fourth-order valence-electron chi connectivity index (χ4n) is 2.41. The Labute approximate surface area is 127 Å². The van der Waals surface area contributed by atoms with Gasteiger partial charge in [0.25, 0.3) is 0 Å². The predicted octanol–water partition coefficient (Wildman–Crippen LogP) is 3.41.